The summed E-state index contributed by atoms with van der Waals surface area (Å²) < 4.78 is 1.53. The van der Waals surface area contributed by atoms with Crippen molar-refractivity contribution in [1.82, 2.24) is 9.55 Å². The van der Waals surface area contributed by atoms with E-state index in [1.165, 1.54) is 10.9 Å². The number of halogens is 2. The van der Waals surface area contributed by atoms with E-state index in [1.807, 2.05) is 6.92 Å². The molecule has 0 N–H and O–H groups in total. The molecule has 0 radical (unpaired) electrons. The number of alkyl halides is 1. The molecular weight excluding hydrogens is 247 g/mol. The van der Waals surface area contributed by atoms with Crippen molar-refractivity contribution < 1.29 is 0 Å². The Morgan fingerprint density at radius 3 is 2.94 bits per heavy atom. The molecule has 0 fully saturated rings. The number of fused-ring (bicyclic) bond motifs is 1. The molecule has 5 heteroatoms. The Labute approximate surface area is 103 Å². The van der Waals surface area contributed by atoms with Crippen molar-refractivity contribution in [2.75, 3.05) is 5.88 Å². The van der Waals surface area contributed by atoms with E-state index in [1.54, 1.807) is 18.2 Å². The number of benzene rings is 1. The van der Waals surface area contributed by atoms with E-state index in [0.29, 0.717) is 21.8 Å². The lowest BCUT2D eigenvalue weighted by Gasteiger charge is -2.11. The molecule has 16 heavy (non-hydrogen) atoms. The highest BCUT2D eigenvalue weighted by Gasteiger charge is 2.08. The van der Waals surface area contributed by atoms with Gasteiger partial charge in [0.1, 0.15) is 0 Å². The maximum atomic E-state index is 12.1. The van der Waals surface area contributed by atoms with E-state index >= 15 is 0 Å². The molecule has 0 saturated carbocycles. The highest BCUT2D eigenvalue weighted by Crippen LogP contribution is 2.15. The molecule has 2 rings (SSSR count). The average Bonchev–Trinajstić information content (AvgIpc) is 2.28. The quantitative estimate of drug-likeness (QED) is 0.775. The number of aromatic nitrogens is 2. The van der Waals surface area contributed by atoms with Gasteiger partial charge in [-0.3, -0.25) is 9.36 Å². The van der Waals surface area contributed by atoms with Crippen LogP contribution in [0, 0.1) is 0 Å². The maximum Gasteiger partial charge on any atom is 0.261 e. The van der Waals surface area contributed by atoms with Crippen molar-refractivity contribution in [3.05, 3.63) is 39.9 Å². The van der Waals surface area contributed by atoms with Crippen LogP contribution < -0.4 is 5.56 Å². The molecular formula is C11H10Cl2N2O. The van der Waals surface area contributed by atoms with Gasteiger partial charge >= 0.3 is 0 Å². The lowest BCUT2D eigenvalue weighted by Crippen LogP contribution is -2.24. The van der Waals surface area contributed by atoms with Crippen LogP contribution in [-0.2, 0) is 0 Å². The monoisotopic (exact) mass is 256 g/mol. The second-order valence-corrected chi connectivity index (χ2v) is 4.37. The van der Waals surface area contributed by atoms with E-state index in [0.717, 1.165) is 0 Å². The molecule has 1 aromatic carbocycles. The van der Waals surface area contributed by atoms with Crippen molar-refractivity contribution >= 4 is 34.1 Å². The molecule has 3 nitrogen and oxygen atoms in total. The van der Waals surface area contributed by atoms with Gasteiger partial charge in [0.05, 0.1) is 17.2 Å². The third-order valence-electron chi connectivity index (χ3n) is 2.44. The van der Waals surface area contributed by atoms with Crippen LogP contribution in [0.25, 0.3) is 10.9 Å². The zero-order valence-electron chi connectivity index (χ0n) is 8.65. The molecule has 0 spiro atoms. The minimum atomic E-state index is -0.0881. The second-order valence-electron chi connectivity index (χ2n) is 3.62. The Balaban J connectivity index is 2.71. The Bertz CT molecular complexity index is 580. The summed E-state index contributed by atoms with van der Waals surface area (Å²) in [4.78, 5) is 16.3. The van der Waals surface area contributed by atoms with Crippen LogP contribution in [0.15, 0.2) is 29.3 Å². The number of rotatable bonds is 2. The smallest absolute Gasteiger partial charge is 0.261 e. The molecule has 0 aliphatic heterocycles. The van der Waals surface area contributed by atoms with Crippen LogP contribution in [0.1, 0.15) is 13.0 Å². The molecule has 1 aromatic heterocycles. The highest BCUT2D eigenvalue weighted by atomic mass is 35.5. The fourth-order valence-electron chi connectivity index (χ4n) is 1.50. The predicted octanol–water partition coefficient (Wildman–Crippen LogP) is 2.85. The van der Waals surface area contributed by atoms with E-state index in [4.69, 9.17) is 23.2 Å². The fourth-order valence-corrected chi connectivity index (χ4v) is 1.81. The first-order valence-corrected chi connectivity index (χ1v) is 5.77. The van der Waals surface area contributed by atoms with Crippen LogP contribution in [0.4, 0.5) is 0 Å². The summed E-state index contributed by atoms with van der Waals surface area (Å²) in [7, 11) is 0. The largest absolute Gasteiger partial charge is 0.295 e. The van der Waals surface area contributed by atoms with E-state index < -0.39 is 0 Å². The zero-order valence-corrected chi connectivity index (χ0v) is 10.2. The van der Waals surface area contributed by atoms with Crippen LogP contribution in [0.5, 0.6) is 0 Å². The summed E-state index contributed by atoms with van der Waals surface area (Å²) in [5, 5.41) is 1.13. The lowest BCUT2D eigenvalue weighted by molar-refractivity contribution is 0.579. The van der Waals surface area contributed by atoms with Crippen LogP contribution in [-0.4, -0.2) is 15.4 Å². The van der Waals surface area contributed by atoms with Gasteiger partial charge in [-0.05, 0) is 25.1 Å². The van der Waals surface area contributed by atoms with Gasteiger partial charge in [-0.25, -0.2) is 4.98 Å². The van der Waals surface area contributed by atoms with E-state index in [2.05, 4.69) is 4.98 Å². The van der Waals surface area contributed by atoms with Crippen molar-refractivity contribution in [3.63, 3.8) is 0 Å². The molecule has 2 aromatic rings. The van der Waals surface area contributed by atoms with Crippen molar-refractivity contribution in [1.29, 1.82) is 0 Å². The van der Waals surface area contributed by atoms with Crippen molar-refractivity contribution in [2.24, 2.45) is 0 Å². The molecule has 1 atom stereocenters. The third kappa shape index (κ3) is 1.93. The lowest BCUT2D eigenvalue weighted by atomic mass is 10.2. The van der Waals surface area contributed by atoms with Crippen LogP contribution in [0.3, 0.4) is 0 Å². The Hall–Kier alpha value is -1.06. The topological polar surface area (TPSA) is 34.9 Å². The Morgan fingerprint density at radius 2 is 2.25 bits per heavy atom. The van der Waals surface area contributed by atoms with Crippen LogP contribution >= 0.6 is 23.2 Å². The Kier molecular flexibility index (Phi) is 3.17. The molecule has 0 bridgehead atoms. The van der Waals surface area contributed by atoms with Crippen LogP contribution in [0.2, 0.25) is 5.02 Å². The summed E-state index contributed by atoms with van der Waals surface area (Å²) in [6.07, 6.45) is 1.51. The summed E-state index contributed by atoms with van der Waals surface area (Å²) in [6, 6.07) is 4.97. The first-order chi connectivity index (χ1) is 7.63. The molecule has 1 heterocycles. The molecule has 0 amide bonds. The molecule has 1 unspecified atom stereocenters. The van der Waals surface area contributed by atoms with Gasteiger partial charge in [0.15, 0.2) is 0 Å². The van der Waals surface area contributed by atoms with Gasteiger partial charge in [-0.15, -0.1) is 11.6 Å². The fraction of sp³-hybridized carbons (Fsp3) is 0.273. The molecule has 0 aliphatic carbocycles. The zero-order chi connectivity index (χ0) is 11.7. The SMILES string of the molecule is CC(CCl)n1cnc2cc(Cl)ccc2c1=O. The van der Waals surface area contributed by atoms with E-state index in [-0.39, 0.29) is 11.6 Å². The van der Waals surface area contributed by atoms with Crippen molar-refractivity contribution in [3.8, 4) is 0 Å². The predicted molar refractivity (Wildman–Crippen MR) is 66.4 cm³/mol. The van der Waals surface area contributed by atoms with Crippen molar-refractivity contribution in [2.45, 2.75) is 13.0 Å². The molecule has 0 saturated heterocycles. The number of nitrogens with zero attached hydrogens (tertiary/aromatic N) is 2. The first kappa shape index (κ1) is 11.4. The minimum absolute atomic E-state index is 0.0678. The third-order valence-corrected chi connectivity index (χ3v) is 3.13. The highest BCUT2D eigenvalue weighted by molar-refractivity contribution is 6.31. The normalized spacial score (nSPS) is 12.9. The van der Waals surface area contributed by atoms with Gasteiger partial charge in [0, 0.05) is 16.9 Å². The molecule has 84 valence electrons. The van der Waals surface area contributed by atoms with Gasteiger partial charge in [-0.2, -0.15) is 0 Å². The average molecular weight is 257 g/mol. The summed E-state index contributed by atoms with van der Waals surface area (Å²) in [6.45, 7) is 1.87. The van der Waals surface area contributed by atoms with Gasteiger partial charge < -0.3 is 0 Å². The van der Waals surface area contributed by atoms with Gasteiger partial charge in [0.25, 0.3) is 5.56 Å². The summed E-state index contributed by atoms with van der Waals surface area (Å²) in [5.41, 5.74) is 0.519. The minimum Gasteiger partial charge on any atom is -0.295 e. The summed E-state index contributed by atoms with van der Waals surface area (Å²) in [5.74, 6) is 0.376. The van der Waals surface area contributed by atoms with E-state index in [9.17, 15) is 4.79 Å². The number of hydrogen-bond acceptors (Lipinski definition) is 2. The summed E-state index contributed by atoms with van der Waals surface area (Å²) >= 11 is 11.6. The molecule has 0 aliphatic rings. The van der Waals surface area contributed by atoms with Gasteiger partial charge in [0.2, 0.25) is 0 Å². The second kappa shape index (κ2) is 4.44. The Morgan fingerprint density at radius 1 is 1.50 bits per heavy atom. The maximum absolute atomic E-state index is 12.1. The standard InChI is InChI=1S/C11H10Cl2N2O/c1-7(5-12)15-6-14-10-4-8(13)2-3-9(10)11(15)16/h2-4,6-7H,5H2,1H3. The number of hydrogen-bond donors (Lipinski definition) is 0. The first-order valence-electron chi connectivity index (χ1n) is 4.86. The van der Waals surface area contributed by atoms with Gasteiger partial charge in [-0.1, -0.05) is 11.6 Å².